The lowest BCUT2D eigenvalue weighted by atomic mass is 9.84. The predicted molar refractivity (Wildman–Crippen MR) is 588 cm³/mol. The quantitative estimate of drug-likeness (QED) is 0.134. The Morgan fingerprint density at radius 2 is 0.493 bits per heavy atom. The van der Waals surface area contributed by atoms with E-state index in [-0.39, 0.29) is 0 Å². The van der Waals surface area contributed by atoms with E-state index in [2.05, 4.69) is 455 Å². The second kappa shape index (κ2) is 37.2. The molecule has 0 radical (unpaired) electrons. The zero-order valence-electron chi connectivity index (χ0n) is 83.8. The van der Waals surface area contributed by atoms with Gasteiger partial charge in [0.05, 0.1) is 27.8 Å². The van der Waals surface area contributed by atoms with E-state index in [1.807, 2.05) is 0 Å². The fourth-order valence-electron chi connectivity index (χ4n) is 22.8. The lowest BCUT2D eigenvalue weighted by molar-refractivity contribution is -0.660. The number of fused-ring (bicyclic) bond motifs is 20. The Hall–Kier alpha value is -15.7. The van der Waals surface area contributed by atoms with E-state index in [4.69, 9.17) is 22.1 Å². The molecular formula is C132H120N5O5+5. The summed E-state index contributed by atoms with van der Waals surface area (Å²) in [7, 11) is 10.6. The van der Waals surface area contributed by atoms with E-state index < -0.39 is 0 Å². The fraction of sp³-hybridized carbons (Fsp3) is 0.205. The van der Waals surface area contributed by atoms with Crippen LogP contribution in [0.15, 0.2) is 356 Å². The summed E-state index contributed by atoms with van der Waals surface area (Å²) in [6.45, 7) is 19.7. The van der Waals surface area contributed by atoms with Crippen molar-refractivity contribution < 1.29 is 44.9 Å². The van der Waals surface area contributed by atoms with Crippen molar-refractivity contribution >= 4 is 164 Å². The van der Waals surface area contributed by atoms with Crippen LogP contribution in [0, 0.1) is 41.5 Å². The molecule has 15 aromatic carbocycles. The number of rotatable bonds is 9. The zero-order valence-corrected chi connectivity index (χ0v) is 83.8. The lowest BCUT2D eigenvalue weighted by Gasteiger charge is -2.21. The molecule has 0 N–H and O–H groups in total. The van der Waals surface area contributed by atoms with Gasteiger partial charge in [0.2, 0.25) is 28.5 Å². The van der Waals surface area contributed by atoms with Crippen molar-refractivity contribution in [3.63, 3.8) is 0 Å². The first-order valence-corrected chi connectivity index (χ1v) is 50.9. The van der Waals surface area contributed by atoms with Crippen LogP contribution in [-0.2, 0) is 41.7 Å². The summed E-state index contributed by atoms with van der Waals surface area (Å²) < 4.78 is 43.4. The number of benzene rings is 15. The Labute approximate surface area is 828 Å². The van der Waals surface area contributed by atoms with Crippen LogP contribution in [-0.4, -0.2) is 0 Å². The summed E-state index contributed by atoms with van der Waals surface area (Å²) in [6.07, 6.45) is 23.9. The first kappa shape index (κ1) is 90.2. The summed E-state index contributed by atoms with van der Waals surface area (Å²) in [4.78, 5) is 0. The first-order chi connectivity index (χ1) is 69.2. The van der Waals surface area contributed by atoms with Crippen molar-refractivity contribution in [2.75, 3.05) is 0 Å². The number of furan rings is 5. The van der Waals surface area contributed by atoms with Crippen LogP contribution >= 0.6 is 0 Å². The maximum Gasteiger partial charge on any atom is 0.216 e. The average Bonchev–Trinajstić information content (AvgIpc) is 1.61. The maximum absolute atomic E-state index is 6.55. The Morgan fingerprint density at radius 1 is 0.246 bits per heavy atom. The second-order valence-electron chi connectivity index (χ2n) is 40.6. The van der Waals surface area contributed by atoms with Gasteiger partial charge in [-0.1, -0.05) is 235 Å². The van der Waals surface area contributed by atoms with Gasteiger partial charge in [0.15, 0.2) is 31.0 Å². The van der Waals surface area contributed by atoms with E-state index in [1.165, 1.54) is 277 Å². The van der Waals surface area contributed by atoms with Gasteiger partial charge in [-0.15, -0.1) is 0 Å². The molecule has 2 aliphatic rings. The topological polar surface area (TPSA) is 85.1 Å². The third-order valence-corrected chi connectivity index (χ3v) is 30.9. The Bertz CT molecular complexity index is 9340. The summed E-state index contributed by atoms with van der Waals surface area (Å²) >= 11 is 0. The number of hydrogen-bond donors (Lipinski definition) is 0. The molecule has 10 heterocycles. The molecule has 698 valence electrons. The predicted octanol–water partition coefficient (Wildman–Crippen LogP) is 33.4. The zero-order chi connectivity index (χ0) is 97.0. The molecule has 0 unspecified atom stereocenters. The maximum atomic E-state index is 6.55. The van der Waals surface area contributed by atoms with Crippen molar-refractivity contribution in [3.8, 4) is 56.3 Å². The van der Waals surface area contributed by atoms with Crippen molar-refractivity contribution in [1.82, 2.24) is 0 Å². The van der Waals surface area contributed by atoms with Crippen molar-refractivity contribution in [2.45, 2.75) is 144 Å². The van der Waals surface area contributed by atoms with Crippen LogP contribution in [0.5, 0.6) is 0 Å². The highest BCUT2D eigenvalue weighted by Gasteiger charge is 2.31. The first-order valence-electron chi connectivity index (χ1n) is 50.9. The average molecular weight is 1860 g/mol. The van der Waals surface area contributed by atoms with Gasteiger partial charge in [-0.25, -0.2) is 22.8 Å². The van der Waals surface area contributed by atoms with Gasteiger partial charge in [-0.05, 0) is 262 Å². The number of nitrogens with zero attached hydrogens (tertiary/aromatic N) is 5. The molecule has 10 heteroatoms. The smallest absolute Gasteiger partial charge is 0.216 e. The Balaban J connectivity index is 0.0000000988. The van der Waals surface area contributed by atoms with Crippen LogP contribution < -0.4 is 22.8 Å². The second-order valence-corrected chi connectivity index (χ2v) is 40.6. The summed E-state index contributed by atoms with van der Waals surface area (Å²) in [5, 5.41) is 24.1. The molecule has 0 aliphatic heterocycles. The van der Waals surface area contributed by atoms with Gasteiger partial charge < -0.3 is 22.1 Å². The monoisotopic (exact) mass is 1850 g/mol. The number of aryl methyl sites for hydroxylation is 12. The van der Waals surface area contributed by atoms with Gasteiger partial charge in [0.1, 0.15) is 91.1 Å². The van der Waals surface area contributed by atoms with E-state index >= 15 is 0 Å². The van der Waals surface area contributed by atoms with Crippen LogP contribution in [0.25, 0.3) is 220 Å². The molecule has 0 amide bonds. The van der Waals surface area contributed by atoms with Crippen LogP contribution in [0.1, 0.15) is 152 Å². The van der Waals surface area contributed by atoms with Gasteiger partial charge in [0, 0.05) is 115 Å². The summed E-state index contributed by atoms with van der Waals surface area (Å²) in [5.74, 6) is 1.88. The Kier molecular flexibility index (Phi) is 23.6. The molecule has 142 heavy (non-hydrogen) atoms. The molecule has 0 spiro atoms. The minimum atomic E-state index is 0.487. The van der Waals surface area contributed by atoms with Crippen molar-refractivity contribution in [2.24, 2.45) is 35.2 Å². The fourth-order valence-corrected chi connectivity index (χ4v) is 22.8. The third kappa shape index (κ3) is 16.5. The van der Waals surface area contributed by atoms with Gasteiger partial charge in [0.25, 0.3) is 0 Å². The number of pyridine rings is 5. The molecule has 25 aromatic rings. The highest BCUT2D eigenvalue weighted by molar-refractivity contribution is 6.19. The van der Waals surface area contributed by atoms with Gasteiger partial charge in [-0.3, -0.25) is 0 Å². The highest BCUT2D eigenvalue weighted by atomic mass is 16.3. The van der Waals surface area contributed by atoms with Crippen LogP contribution in [0.4, 0.5) is 0 Å². The van der Waals surface area contributed by atoms with Crippen molar-refractivity contribution in [3.05, 3.63) is 390 Å². The standard InChI is InChI=1S/C29H28NO.C28H26NO.C26H24NO.C25H22NO.C24H20NO/c1-19-12-13-24-25-16-21-10-6-7-11-22(21)18-27(25)31-29(24)28(19)26-17-23(14-15-30(26)2)20-8-4-3-5-9-20;1-18-11-12-23-24-15-20-9-5-6-10-21(20)17-26(24)30-28(23)27(18)25-16-22(13-14-29(25)2)19-7-3-4-8-19;1-16(2)18-11-12-27(4)23(14-18)25-17(3)9-10-21-22-13-19-7-5-6-8-20(19)15-24(22)28-26(21)25;1-4-17-11-12-26(3)22(13-17)24-16(2)9-10-20-21-14-18-7-5-6-8-19(18)15-23(21)27-25(20)24;1-15-10-11-25(3)21(12-15)23-16(2)8-9-19-20-13-17-6-4-5-7-18(17)14-22(20)26-24(19)23/h6-7,10-18,20H,3-5,8-9H2,1-2H3;5-6,9-17,19H,3-4,7-8H2,1-2H3;5-16H,1-4H3;5-15H,4H2,1-3H3;4-14H,1-3H3/q5*+1. The SMILES string of the molecule is CCc1cc[n+](C)c(-c2c(C)ccc3c2oc2cc4ccccc4cc23)c1.Cc1cc[n+](C)c(-c2c(C)ccc3c2oc2cc4ccccc4cc23)c1.Cc1ccc2c(oc3cc4ccccc4cc32)c1-c1cc(C(C)C)cc[n+]1C.Cc1ccc2c(oc3cc4ccccc4cc32)c1-c1cc(C2CCCC2)cc[n+]1C.Cc1ccc2c(oc3cc4ccccc4cc32)c1-c1cc(C2CCCCC2)cc[n+]1C. The lowest BCUT2D eigenvalue weighted by Crippen LogP contribution is -2.31. The van der Waals surface area contributed by atoms with E-state index in [0.717, 1.165) is 62.3 Å². The largest absolute Gasteiger partial charge is 0.455 e. The van der Waals surface area contributed by atoms with E-state index in [0.29, 0.717) is 17.8 Å². The number of hydrogen-bond acceptors (Lipinski definition) is 5. The van der Waals surface area contributed by atoms with E-state index in [1.54, 1.807) is 0 Å². The Morgan fingerprint density at radius 3 is 0.782 bits per heavy atom. The minimum absolute atomic E-state index is 0.487. The van der Waals surface area contributed by atoms with Gasteiger partial charge >= 0.3 is 0 Å². The third-order valence-electron chi connectivity index (χ3n) is 30.9. The normalized spacial score (nSPS) is 13.2. The van der Waals surface area contributed by atoms with Crippen LogP contribution in [0.3, 0.4) is 0 Å². The minimum Gasteiger partial charge on any atom is -0.455 e. The molecule has 2 saturated carbocycles. The molecule has 10 aromatic heterocycles. The molecule has 27 rings (SSSR count). The molecule has 2 fully saturated rings. The van der Waals surface area contributed by atoms with Gasteiger partial charge in [-0.2, -0.15) is 0 Å². The number of aromatic nitrogens is 5. The van der Waals surface area contributed by atoms with Crippen LogP contribution in [0.2, 0.25) is 0 Å². The molecule has 0 saturated heterocycles. The molecule has 2 aliphatic carbocycles. The van der Waals surface area contributed by atoms with Crippen molar-refractivity contribution in [1.29, 1.82) is 0 Å². The van der Waals surface area contributed by atoms with E-state index in [9.17, 15) is 0 Å². The molecule has 10 nitrogen and oxygen atoms in total. The summed E-state index contributed by atoms with van der Waals surface area (Å²) in [6, 6.07) is 109. The summed E-state index contributed by atoms with van der Waals surface area (Å²) in [5.41, 5.74) is 34.8. The molecule has 0 bridgehead atoms. The highest BCUT2D eigenvalue weighted by Crippen LogP contribution is 2.48. The molecule has 0 atom stereocenters. The molecular weight excluding hydrogens is 1740 g/mol.